The number of halogens is 1. The standard InChI is InChI=1S/C9H5ClN2O2/c10-6-3-7(9(13)14)12-8-4-11-2-1-5(6)8/h1-4H,(H,13,14). The van der Waals surface area contributed by atoms with Crippen molar-refractivity contribution in [1.29, 1.82) is 0 Å². The van der Waals surface area contributed by atoms with E-state index in [-0.39, 0.29) is 5.69 Å². The summed E-state index contributed by atoms with van der Waals surface area (Å²) < 4.78 is 0. The summed E-state index contributed by atoms with van der Waals surface area (Å²) in [5.41, 5.74) is 0.410. The van der Waals surface area contributed by atoms with Gasteiger partial charge in [0, 0.05) is 11.6 Å². The molecule has 0 saturated carbocycles. The lowest BCUT2D eigenvalue weighted by Crippen LogP contribution is -2.00. The molecule has 0 amide bonds. The Hall–Kier alpha value is -1.68. The van der Waals surface area contributed by atoms with Gasteiger partial charge in [0.25, 0.3) is 0 Å². The Morgan fingerprint density at radius 3 is 3.00 bits per heavy atom. The van der Waals surface area contributed by atoms with Crippen molar-refractivity contribution in [2.75, 3.05) is 0 Å². The fraction of sp³-hybridized carbons (Fsp3) is 0. The first-order valence-corrected chi connectivity index (χ1v) is 4.20. The van der Waals surface area contributed by atoms with Crippen LogP contribution in [0.2, 0.25) is 5.02 Å². The number of aromatic nitrogens is 2. The smallest absolute Gasteiger partial charge is 0.354 e. The van der Waals surface area contributed by atoms with E-state index in [4.69, 9.17) is 16.7 Å². The van der Waals surface area contributed by atoms with Crippen LogP contribution in [0, 0.1) is 0 Å². The zero-order valence-electron chi connectivity index (χ0n) is 6.94. The highest BCUT2D eigenvalue weighted by atomic mass is 35.5. The van der Waals surface area contributed by atoms with Gasteiger partial charge in [-0.15, -0.1) is 0 Å². The molecule has 0 saturated heterocycles. The van der Waals surface area contributed by atoms with Gasteiger partial charge in [-0.1, -0.05) is 11.6 Å². The van der Waals surface area contributed by atoms with E-state index in [2.05, 4.69) is 9.97 Å². The summed E-state index contributed by atoms with van der Waals surface area (Å²) in [4.78, 5) is 18.4. The van der Waals surface area contributed by atoms with Crippen LogP contribution in [0.1, 0.15) is 10.5 Å². The fourth-order valence-electron chi connectivity index (χ4n) is 1.15. The number of hydrogen-bond acceptors (Lipinski definition) is 3. The van der Waals surface area contributed by atoms with Crippen LogP contribution in [-0.2, 0) is 0 Å². The zero-order chi connectivity index (χ0) is 10.1. The SMILES string of the molecule is O=C(O)c1cc(Cl)c2ccncc2n1. The molecule has 2 aromatic heterocycles. The molecule has 1 N–H and O–H groups in total. The third-order valence-electron chi connectivity index (χ3n) is 1.78. The zero-order valence-corrected chi connectivity index (χ0v) is 7.69. The lowest BCUT2D eigenvalue weighted by Gasteiger charge is -2.00. The fourth-order valence-corrected chi connectivity index (χ4v) is 1.41. The van der Waals surface area contributed by atoms with E-state index in [0.29, 0.717) is 15.9 Å². The molecule has 2 heterocycles. The summed E-state index contributed by atoms with van der Waals surface area (Å²) in [5.74, 6) is -1.10. The van der Waals surface area contributed by atoms with Crippen LogP contribution >= 0.6 is 11.6 Å². The Morgan fingerprint density at radius 2 is 2.29 bits per heavy atom. The first-order chi connectivity index (χ1) is 6.68. The Bertz CT molecular complexity index is 513. The maximum absolute atomic E-state index is 10.7. The second kappa shape index (κ2) is 3.23. The van der Waals surface area contributed by atoms with Gasteiger partial charge in [0.2, 0.25) is 0 Å². The average molecular weight is 209 g/mol. The molecule has 0 radical (unpaired) electrons. The molecule has 0 unspecified atom stereocenters. The molecule has 70 valence electrons. The van der Waals surface area contributed by atoms with Crippen LogP contribution in [0.15, 0.2) is 24.5 Å². The predicted molar refractivity (Wildman–Crippen MR) is 51.5 cm³/mol. The van der Waals surface area contributed by atoms with E-state index in [1.54, 1.807) is 12.3 Å². The number of carbonyl (C=O) groups is 1. The largest absolute Gasteiger partial charge is 0.477 e. The number of rotatable bonds is 1. The Kier molecular flexibility index (Phi) is 2.05. The molecular weight excluding hydrogens is 204 g/mol. The summed E-state index contributed by atoms with van der Waals surface area (Å²) in [5, 5.41) is 9.80. The Morgan fingerprint density at radius 1 is 1.50 bits per heavy atom. The minimum atomic E-state index is -1.10. The first kappa shape index (κ1) is 8.90. The van der Waals surface area contributed by atoms with Gasteiger partial charge in [0.05, 0.1) is 16.7 Å². The molecule has 0 fully saturated rings. The topological polar surface area (TPSA) is 63.1 Å². The van der Waals surface area contributed by atoms with Crippen molar-refractivity contribution < 1.29 is 9.90 Å². The van der Waals surface area contributed by atoms with Crippen LogP contribution in [0.4, 0.5) is 0 Å². The molecule has 0 aliphatic carbocycles. The second-order valence-electron chi connectivity index (χ2n) is 2.69. The van der Waals surface area contributed by atoms with Gasteiger partial charge in [0.1, 0.15) is 5.69 Å². The van der Waals surface area contributed by atoms with Gasteiger partial charge in [-0.25, -0.2) is 9.78 Å². The van der Waals surface area contributed by atoms with Crippen molar-refractivity contribution in [3.63, 3.8) is 0 Å². The molecule has 0 aliphatic rings. The van der Waals surface area contributed by atoms with Gasteiger partial charge in [0.15, 0.2) is 0 Å². The highest BCUT2D eigenvalue weighted by Gasteiger charge is 2.08. The molecule has 4 nitrogen and oxygen atoms in total. The van der Waals surface area contributed by atoms with Crippen molar-refractivity contribution >= 4 is 28.5 Å². The van der Waals surface area contributed by atoms with Crippen molar-refractivity contribution in [3.05, 3.63) is 35.2 Å². The number of hydrogen-bond donors (Lipinski definition) is 1. The Balaban J connectivity index is 2.78. The normalized spacial score (nSPS) is 10.4. The van der Waals surface area contributed by atoms with Crippen LogP contribution in [0.3, 0.4) is 0 Å². The molecule has 0 aliphatic heterocycles. The third-order valence-corrected chi connectivity index (χ3v) is 2.09. The molecule has 2 aromatic rings. The third kappa shape index (κ3) is 1.40. The molecule has 0 atom stereocenters. The summed E-state index contributed by atoms with van der Waals surface area (Å²) in [6.07, 6.45) is 3.06. The summed E-state index contributed by atoms with van der Waals surface area (Å²) >= 11 is 5.88. The molecular formula is C9H5ClN2O2. The summed E-state index contributed by atoms with van der Waals surface area (Å²) in [6.45, 7) is 0. The van der Waals surface area contributed by atoms with Crippen LogP contribution < -0.4 is 0 Å². The van der Waals surface area contributed by atoms with Gasteiger partial charge in [-0.2, -0.15) is 0 Å². The van der Waals surface area contributed by atoms with Crippen molar-refractivity contribution in [1.82, 2.24) is 9.97 Å². The number of carboxylic acid groups (broad SMARTS) is 1. The van der Waals surface area contributed by atoms with Crippen LogP contribution in [0.5, 0.6) is 0 Å². The van der Waals surface area contributed by atoms with Crippen LogP contribution in [0.25, 0.3) is 10.9 Å². The minimum absolute atomic E-state index is 0.0736. The molecule has 0 spiro atoms. The lowest BCUT2D eigenvalue weighted by molar-refractivity contribution is 0.0691. The number of nitrogens with zero attached hydrogens (tertiary/aromatic N) is 2. The van der Waals surface area contributed by atoms with E-state index >= 15 is 0 Å². The van der Waals surface area contributed by atoms with E-state index < -0.39 is 5.97 Å². The molecule has 14 heavy (non-hydrogen) atoms. The van der Waals surface area contributed by atoms with Gasteiger partial charge in [-0.3, -0.25) is 4.98 Å². The second-order valence-corrected chi connectivity index (χ2v) is 3.09. The average Bonchev–Trinajstić information content (AvgIpc) is 2.17. The maximum Gasteiger partial charge on any atom is 0.354 e. The summed E-state index contributed by atoms with van der Waals surface area (Å²) in [6, 6.07) is 3.02. The lowest BCUT2D eigenvalue weighted by atomic mass is 10.2. The van der Waals surface area contributed by atoms with Crippen molar-refractivity contribution in [2.45, 2.75) is 0 Å². The number of aromatic carboxylic acids is 1. The minimum Gasteiger partial charge on any atom is -0.477 e. The quantitative estimate of drug-likeness (QED) is 0.779. The van der Waals surface area contributed by atoms with Gasteiger partial charge >= 0.3 is 5.97 Å². The van der Waals surface area contributed by atoms with Crippen LogP contribution in [-0.4, -0.2) is 21.0 Å². The van der Waals surface area contributed by atoms with Gasteiger partial charge in [-0.05, 0) is 12.1 Å². The van der Waals surface area contributed by atoms with E-state index in [9.17, 15) is 4.79 Å². The van der Waals surface area contributed by atoms with E-state index in [1.165, 1.54) is 12.3 Å². The highest BCUT2D eigenvalue weighted by Crippen LogP contribution is 2.21. The van der Waals surface area contributed by atoms with E-state index in [0.717, 1.165) is 0 Å². The monoisotopic (exact) mass is 208 g/mol. The Labute approximate surface area is 84.2 Å². The van der Waals surface area contributed by atoms with Crippen molar-refractivity contribution in [3.8, 4) is 0 Å². The van der Waals surface area contributed by atoms with Gasteiger partial charge < -0.3 is 5.11 Å². The predicted octanol–water partition coefficient (Wildman–Crippen LogP) is 1.98. The molecule has 2 rings (SSSR count). The van der Waals surface area contributed by atoms with E-state index in [1.807, 2.05) is 0 Å². The maximum atomic E-state index is 10.7. The first-order valence-electron chi connectivity index (χ1n) is 3.82. The highest BCUT2D eigenvalue weighted by molar-refractivity contribution is 6.35. The molecule has 5 heteroatoms. The molecule has 0 aromatic carbocycles. The van der Waals surface area contributed by atoms with Crippen molar-refractivity contribution in [2.24, 2.45) is 0 Å². The number of pyridine rings is 2. The number of carboxylic acids is 1. The molecule has 0 bridgehead atoms. The number of fused-ring (bicyclic) bond motifs is 1. The summed E-state index contributed by atoms with van der Waals surface area (Å²) in [7, 11) is 0.